The largest absolute Gasteiger partial charge is 0.481 e. The molecular weight excluding hydrogens is 417 g/mol. The first-order valence-corrected chi connectivity index (χ1v) is 8.52. The summed E-state index contributed by atoms with van der Waals surface area (Å²) >= 11 is 0. The molecule has 0 amide bonds. The molecule has 2 heterocycles. The second-order valence-electron chi connectivity index (χ2n) is 5.67. The number of likely N-dealkylation sites (tertiary alicyclic amines) is 1. The summed E-state index contributed by atoms with van der Waals surface area (Å²) in [5.41, 5.74) is 0.989. The van der Waals surface area contributed by atoms with Gasteiger partial charge in [0, 0.05) is 30.9 Å². The van der Waals surface area contributed by atoms with Crippen LogP contribution < -0.4 is 15.4 Å². The number of ether oxygens (including phenoxy) is 1. The summed E-state index contributed by atoms with van der Waals surface area (Å²) in [6.45, 7) is 8.97. The molecule has 1 atom stereocenters. The van der Waals surface area contributed by atoms with Gasteiger partial charge in [-0.05, 0) is 38.9 Å². The SMILES string of the molecule is CCNC(=NCc1cccnc1OC)NCC1CCCN1CC.I. The fourth-order valence-electron chi connectivity index (χ4n) is 2.99. The molecule has 0 aliphatic carbocycles. The van der Waals surface area contributed by atoms with E-state index >= 15 is 0 Å². The number of hydrogen-bond donors (Lipinski definition) is 2. The highest BCUT2D eigenvalue weighted by atomic mass is 127. The molecule has 0 spiro atoms. The fourth-order valence-corrected chi connectivity index (χ4v) is 2.99. The molecule has 136 valence electrons. The third-order valence-electron chi connectivity index (χ3n) is 4.21. The monoisotopic (exact) mass is 447 g/mol. The first-order chi connectivity index (χ1) is 11.3. The van der Waals surface area contributed by atoms with Crippen LogP contribution in [-0.4, -0.2) is 55.2 Å². The number of guanidine groups is 1. The van der Waals surface area contributed by atoms with Crippen LogP contribution in [0.3, 0.4) is 0 Å². The average Bonchev–Trinajstić information content (AvgIpc) is 3.05. The maximum absolute atomic E-state index is 5.28. The summed E-state index contributed by atoms with van der Waals surface area (Å²) in [7, 11) is 1.64. The van der Waals surface area contributed by atoms with Crippen molar-refractivity contribution < 1.29 is 4.74 Å². The van der Waals surface area contributed by atoms with Gasteiger partial charge in [0.15, 0.2) is 5.96 Å². The molecule has 1 aromatic rings. The van der Waals surface area contributed by atoms with E-state index in [1.165, 1.54) is 19.4 Å². The zero-order chi connectivity index (χ0) is 16.5. The number of aliphatic imine (C=N–C) groups is 1. The van der Waals surface area contributed by atoms with Gasteiger partial charge in [-0.3, -0.25) is 4.90 Å². The molecule has 0 radical (unpaired) electrons. The Labute approximate surface area is 162 Å². The van der Waals surface area contributed by atoms with Gasteiger partial charge in [-0.1, -0.05) is 13.0 Å². The molecule has 7 heteroatoms. The van der Waals surface area contributed by atoms with Crippen LogP contribution in [-0.2, 0) is 6.54 Å². The summed E-state index contributed by atoms with van der Waals surface area (Å²) in [5.74, 6) is 1.49. The van der Waals surface area contributed by atoms with Gasteiger partial charge in [0.1, 0.15) is 0 Å². The van der Waals surface area contributed by atoms with E-state index < -0.39 is 0 Å². The molecule has 1 aliphatic heterocycles. The highest BCUT2D eigenvalue weighted by molar-refractivity contribution is 14.0. The van der Waals surface area contributed by atoms with Crippen LogP contribution in [0.5, 0.6) is 5.88 Å². The predicted octanol–water partition coefficient (Wildman–Crippen LogP) is 2.25. The molecule has 1 aromatic heterocycles. The number of pyridine rings is 1. The van der Waals surface area contributed by atoms with Gasteiger partial charge in [0.25, 0.3) is 0 Å². The van der Waals surface area contributed by atoms with Crippen molar-refractivity contribution in [2.75, 3.05) is 33.3 Å². The van der Waals surface area contributed by atoms with E-state index in [9.17, 15) is 0 Å². The number of nitrogens with zero attached hydrogens (tertiary/aromatic N) is 3. The van der Waals surface area contributed by atoms with Gasteiger partial charge in [-0.15, -0.1) is 24.0 Å². The van der Waals surface area contributed by atoms with Crippen LogP contribution in [0.15, 0.2) is 23.3 Å². The van der Waals surface area contributed by atoms with Crippen molar-refractivity contribution in [2.45, 2.75) is 39.3 Å². The highest BCUT2D eigenvalue weighted by Gasteiger charge is 2.22. The second kappa shape index (κ2) is 11.5. The van der Waals surface area contributed by atoms with E-state index in [1.807, 2.05) is 12.1 Å². The maximum Gasteiger partial charge on any atom is 0.218 e. The minimum atomic E-state index is 0. The summed E-state index contributed by atoms with van der Waals surface area (Å²) in [5, 5.41) is 6.78. The van der Waals surface area contributed by atoms with Crippen LogP contribution >= 0.6 is 24.0 Å². The minimum Gasteiger partial charge on any atom is -0.481 e. The van der Waals surface area contributed by atoms with Gasteiger partial charge < -0.3 is 15.4 Å². The van der Waals surface area contributed by atoms with E-state index in [-0.39, 0.29) is 24.0 Å². The first kappa shape index (κ1) is 21.0. The molecule has 6 nitrogen and oxygen atoms in total. The van der Waals surface area contributed by atoms with Crippen molar-refractivity contribution >= 4 is 29.9 Å². The van der Waals surface area contributed by atoms with Gasteiger partial charge in [-0.25, -0.2) is 9.98 Å². The Bertz CT molecular complexity index is 512. The second-order valence-corrected chi connectivity index (χ2v) is 5.67. The van der Waals surface area contributed by atoms with Crippen molar-refractivity contribution in [1.82, 2.24) is 20.5 Å². The van der Waals surface area contributed by atoms with Crippen LogP contribution in [0.1, 0.15) is 32.3 Å². The number of aromatic nitrogens is 1. The van der Waals surface area contributed by atoms with Gasteiger partial charge in [0.2, 0.25) is 5.88 Å². The molecule has 0 bridgehead atoms. The predicted molar refractivity (Wildman–Crippen MR) is 109 cm³/mol. The summed E-state index contributed by atoms with van der Waals surface area (Å²) in [6.07, 6.45) is 4.28. The van der Waals surface area contributed by atoms with Crippen LogP contribution in [0.25, 0.3) is 0 Å². The van der Waals surface area contributed by atoms with Crippen molar-refractivity contribution in [2.24, 2.45) is 4.99 Å². The van der Waals surface area contributed by atoms with Crippen LogP contribution in [0.4, 0.5) is 0 Å². The Hall–Kier alpha value is -1.09. The van der Waals surface area contributed by atoms with E-state index in [2.05, 4.69) is 39.4 Å². The Balaban J connectivity index is 0.00000288. The Morgan fingerprint density at radius 2 is 2.25 bits per heavy atom. The quantitative estimate of drug-likeness (QED) is 0.382. The first-order valence-electron chi connectivity index (χ1n) is 8.52. The number of hydrogen-bond acceptors (Lipinski definition) is 4. The fraction of sp³-hybridized carbons (Fsp3) is 0.647. The number of nitrogens with one attached hydrogen (secondary N) is 2. The zero-order valence-corrected chi connectivity index (χ0v) is 17.2. The number of halogens is 1. The maximum atomic E-state index is 5.28. The van der Waals surface area contributed by atoms with Crippen LogP contribution in [0, 0.1) is 0 Å². The third-order valence-corrected chi connectivity index (χ3v) is 4.21. The number of rotatable bonds is 7. The van der Waals surface area contributed by atoms with Crippen molar-refractivity contribution in [3.8, 4) is 5.88 Å². The molecular formula is C17H30IN5O. The van der Waals surface area contributed by atoms with Crippen molar-refractivity contribution in [1.29, 1.82) is 0 Å². The molecule has 1 aliphatic rings. The Kier molecular flexibility index (Phi) is 10.0. The van der Waals surface area contributed by atoms with Crippen LogP contribution in [0.2, 0.25) is 0 Å². The number of methoxy groups -OCH3 is 1. The summed E-state index contributed by atoms with van der Waals surface area (Å²) in [6, 6.07) is 4.51. The molecule has 0 saturated carbocycles. The zero-order valence-electron chi connectivity index (χ0n) is 14.9. The molecule has 1 fully saturated rings. The van der Waals surface area contributed by atoms with Gasteiger partial charge >= 0.3 is 0 Å². The van der Waals surface area contributed by atoms with E-state index in [4.69, 9.17) is 4.74 Å². The van der Waals surface area contributed by atoms with Gasteiger partial charge in [0.05, 0.1) is 13.7 Å². The highest BCUT2D eigenvalue weighted by Crippen LogP contribution is 2.16. The third kappa shape index (κ3) is 6.08. The Morgan fingerprint density at radius 3 is 2.96 bits per heavy atom. The number of likely N-dealkylation sites (N-methyl/N-ethyl adjacent to an activating group) is 1. The standard InChI is InChI=1S/C17H29N5O.HI/c1-4-18-17(21-13-15-9-7-11-22(15)5-2)20-12-14-8-6-10-19-16(14)23-3;/h6,8,10,15H,4-5,7,9,11-13H2,1-3H3,(H2,18,20,21);1H. The summed E-state index contributed by atoms with van der Waals surface area (Å²) < 4.78 is 5.28. The molecule has 24 heavy (non-hydrogen) atoms. The smallest absolute Gasteiger partial charge is 0.218 e. The lowest BCUT2D eigenvalue weighted by Crippen LogP contribution is -2.44. The van der Waals surface area contributed by atoms with Crippen molar-refractivity contribution in [3.05, 3.63) is 23.9 Å². The summed E-state index contributed by atoms with van der Waals surface area (Å²) in [4.78, 5) is 11.4. The molecule has 1 unspecified atom stereocenters. The lowest BCUT2D eigenvalue weighted by atomic mass is 10.2. The molecule has 0 aromatic carbocycles. The van der Waals surface area contributed by atoms with E-state index in [0.717, 1.165) is 31.2 Å². The molecule has 2 rings (SSSR count). The minimum absolute atomic E-state index is 0. The Morgan fingerprint density at radius 1 is 1.42 bits per heavy atom. The normalized spacial score (nSPS) is 18.1. The van der Waals surface area contributed by atoms with E-state index in [0.29, 0.717) is 18.5 Å². The molecule has 2 N–H and O–H groups in total. The average molecular weight is 447 g/mol. The lowest BCUT2D eigenvalue weighted by molar-refractivity contribution is 0.267. The van der Waals surface area contributed by atoms with Gasteiger partial charge in [-0.2, -0.15) is 0 Å². The lowest BCUT2D eigenvalue weighted by Gasteiger charge is -2.24. The van der Waals surface area contributed by atoms with E-state index in [1.54, 1.807) is 13.3 Å². The molecule has 1 saturated heterocycles. The van der Waals surface area contributed by atoms with Crippen molar-refractivity contribution in [3.63, 3.8) is 0 Å². The topological polar surface area (TPSA) is 61.8 Å².